The fourth-order valence-electron chi connectivity index (χ4n) is 4.89. The number of aromatic amines is 1. The van der Waals surface area contributed by atoms with E-state index in [0.717, 1.165) is 34.5 Å². The monoisotopic (exact) mass is 619 g/mol. The van der Waals surface area contributed by atoms with Crippen molar-refractivity contribution in [1.29, 1.82) is 0 Å². The number of anilines is 1. The lowest BCUT2D eigenvalue weighted by Gasteiger charge is -2.15. The number of rotatable bonds is 18. The highest BCUT2D eigenvalue weighted by Gasteiger charge is 2.17. The standard InChI is InChI=1S/C30H43Br2N3O/c1-2-3-4-5-6-7-8-9-10-11-12-13-14-17-20-35-28-19-16-15-18-27(28)34-30(35)33-23-24-21-25(31)22-26(32)29(24)36/h15-16,18-19,21-22H,2-14,17,20,23H2,1H3,(H2,33,34,36). The van der Waals surface area contributed by atoms with Crippen LogP contribution in [-0.2, 0) is 13.1 Å². The number of para-hydroxylation sites is 2. The molecule has 0 atom stereocenters. The minimum atomic E-state index is 0.0281. The minimum Gasteiger partial charge on any atom is -0.871 e. The van der Waals surface area contributed by atoms with E-state index in [1.54, 1.807) is 6.07 Å². The van der Waals surface area contributed by atoms with Gasteiger partial charge in [0.2, 0.25) is 0 Å². The third-order valence-corrected chi connectivity index (χ3v) is 8.03. The molecule has 0 saturated heterocycles. The molecule has 1 aromatic heterocycles. The molecule has 0 bridgehead atoms. The van der Waals surface area contributed by atoms with Crippen LogP contribution >= 0.6 is 31.9 Å². The summed E-state index contributed by atoms with van der Waals surface area (Å²) in [6.45, 7) is 3.73. The van der Waals surface area contributed by atoms with E-state index in [0.29, 0.717) is 11.0 Å². The van der Waals surface area contributed by atoms with E-state index in [4.69, 9.17) is 0 Å². The average molecular weight is 622 g/mol. The third-order valence-electron chi connectivity index (χ3n) is 6.98. The summed E-state index contributed by atoms with van der Waals surface area (Å²) in [4.78, 5) is 3.51. The van der Waals surface area contributed by atoms with Gasteiger partial charge >= 0.3 is 5.95 Å². The summed E-state index contributed by atoms with van der Waals surface area (Å²) in [6.07, 6.45) is 19.1. The van der Waals surface area contributed by atoms with Gasteiger partial charge in [0.25, 0.3) is 0 Å². The summed E-state index contributed by atoms with van der Waals surface area (Å²) in [5, 5.41) is 16.0. The lowest BCUT2D eigenvalue weighted by atomic mass is 10.0. The van der Waals surface area contributed by atoms with Crippen LogP contribution in [0.1, 0.15) is 102 Å². The number of nitrogens with one attached hydrogen (secondary N) is 2. The normalized spacial score (nSPS) is 11.4. The first-order valence-electron chi connectivity index (χ1n) is 14.0. The van der Waals surface area contributed by atoms with Gasteiger partial charge in [-0.3, -0.25) is 5.32 Å². The Hall–Kier alpha value is -1.53. The maximum atomic E-state index is 12.5. The van der Waals surface area contributed by atoms with Crippen molar-refractivity contribution in [2.45, 2.75) is 110 Å². The van der Waals surface area contributed by atoms with Crippen molar-refractivity contribution in [2.24, 2.45) is 0 Å². The zero-order chi connectivity index (χ0) is 25.6. The van der Waals surface area contributed by atoms with Crippen LogP contribution in [0.4, 0.5) is 5.95 Å². The van der Waals surface area contributed by atoms with Gasteiger partial charge in [0.15, 0.2) is 0 Å². The van der Waals surface area contributed by atoms with E-state index in [9.17, 15) is 5.11 Å². The molecule has 0 spiro atoms. The van der Waals surface area contributed by atoms with E-state index in [2.05, 4.69) is 77.9 Å². The number of fused-ring (bicyclic) bond motifs is 1. The van der Waals surface area contributed by atoms with E-state index in [1.165, 1.54) is 89.0 Å². The number of aryl methyl sites for hydroxylation is 1. The molecule has 0 aliphatic rings. The summed E-state index contributed by atoms with van der Waals surface area (Å²) in [7, 11) is 0. The van der Waals surface area contributed by atoms with Crippen LogP contribution in [0.25, 0.3) is 11.0 Å². The Labute approximate surface area is 234 Å². The molecule has 3 aromatic rings. The Morgan fingerprint density at radius 2 is 1.39 bits per heavy atom. The Balaban J connectivity index is 1.39. The lowest BCUT2D eigenvalue weighted by molar-refractivity contribution is -0.657. The van der Waals surface area contributed by atoms with Crippen LogP contribution in [0, 0.1) is 0 Å². The number of unbranched alkanes of at least 4 members (excludes halogenated alkanes) is 13. The van der Waals surface area contributed by atoms with Gasteiger partial charge in [0, 0.05) is 8.95 Å². The van der Waals surface area contributed by atoms with Gasteiger partial charge in [-0.05, 0) is 36.2 Å². The Morgan fingerprint density at radius 1 is 0.806 bits per heavy atom. The molecule has 0 aliphatic heterocycles. The highest BCUT2D eigenvalue weighted by Crippen LogP contribution is 2.30. The second-order valence-electron chi connectivity index (χ2n) is 9.97. The van der Waals surface area contributed by atoms with Crippen LogP contribution in [0.2, 0.25) is 0 Å². The van der Waals surface area contributed by atoms with E-state index in [-0.39, 0.29) is 5.75 Å². The number of hydrogen-bond donors (Lipinski definition) is 2. The Bertz CT molecular complexity index is 1050. The quantitative estimate of drug-likeness (QED) is 0.110. The lowest BCUT2D eigenvalue weighted by Crippen LogP contribution is -2.36. The molecule has 0 fully saturated rings. The highest BCUT2D eigenvalue weighted by molar-refractivity contribution is 9.11. The largest absolute Gasteiger partial charge is 0.871 e. The summed E-state index contributed by atoms with van der Waals surface area (Å²) in [5.74, 6) is 0.988. The molecule has 0 saturated carbocycles. The SMILES string of the molecule is CCCCCCCCCCCCCCCC[n+]1c(NCc2cc(Br)cc(Br)c2[O-])[nH]c2ccccc21. The van der Waals surface area contributed by atoms with Crippen molar-refractivity contribution in [3.05, 3.63) is 50.9 Å². The Kier molecular flexibility index (Phi) is 13.2. The van der Waals surface area contributed by atoms with Crippen molar-refractivity contribution in [3.8, 4) is 5.75 Å². The topological polar surface area (TPSA) is 54.8 Å². The second kappa shape index (κ2) is 16.3. The molecule has 2 aromatic carbocycles. The highest BCUT2D eigenvalue weighted by atomic mass is 79.9. The summed E-state index contributed by atoms with van der Waals surface area (Å²) in [5.41, 5.74) is 3.05. The van der Waals surface area contributed by atoms with Crippen molar-refractivity contribution >= 4 is 48.8 Å². The molecule has 6 heteroatoms. The number of H-pyrrole nitrogens is 1. The second-order valence-corrected chi connectivity index (χ2v) is 11.7. The number of benzene rings is 2. The summed E-state index contributed by atoms with van der Waals surface area (Å²) < 4.78 is 3.81. The first-order valence-corrected chi connectivity index (χ1v) is 15.6. The molecule has 0 unspecified atom stereocenters. The van der Waals surface area contributed by atoms with Crippen LogP contribution in [0.3, 0.4) is 0 Å². The molecule has 0 radical (unpaired) electrons. The zero-order valence-electron chi connectivity index (χ0n) is 21.9. The molecule has 198 valence electrons. The summed E-state index contributed by atoms with van der Waals surface area (Å²) in [6, 6.07) is 12.1. The first kappa shape index (κ1) is 29.0. The van der Waals surface area contributed by atoms with Gasteiger partial charge < -0.3 is 5.11 Å². The van der Waals surface area contributed by atoms with Crippen LogP contribution < -0.4 is 15.0 Å². The third kappa shape index (κ3) is 9.41. The van der Waals surface area contributed by atoms with Crippen LogP contribution in [0.15, 0.2) is 45.3 Å². The first-order chi connectivity index (χ1) is 17.6. The van der Waals surface area contributed by atoms with Gasteiger partial charge in [0.05, 0.1) is 13.1 Å². The molecule has 3 rings (SSSR count). The van der Waals surface area contributed by atoms with E-state index >= 15 is 0 Å². The van der Waals surface area contributed by atoms with Crippen molar-refractivity contribution in [2.75, 3.05) is 5.32 Å². The van der Waals surface area contributed by atoms with Crippen molar-refractivity contribution in [3.63, 3.8) is 0 Å². The van der Waals surface area contributed by atoms with Gasteiger partial charge in [-0.2, -0.15) is 0 Å². The van der Waals surface area contributed by atoms with Crippen molar-refractivity contribution < 1.29 is 9.67 Å². The predicted molar refractivity (Wildman–Crippen MR) is 157 cm³/mol. The zero-order valence-corrected chi connectivity index (χ0v) is 25.1. The average Bonchev–Trinajstić information content (AvgIpc) is 3.23. The van der Waals surface area contributed by atoms with E-state index < -0.39 is 0 Å². The van der Waals surface area contributed by atoms with Gasteiger partial charge in [-0.25, -0.2) is 9.55 Å². The maximum Gasteiger partial charge on any atom is 0.356 e. The molecular formula is C30H43Br2N3O. The summed E-state index contributed by atoms with van der Waals surface area (Å²) >= 11 is 6.86. The molecule has 0 amide bonds. The molecule has 0 aliphatic carbocycles. The predicted octanol–water partition coefficient (Wildman–Crippen LogP) is 9.15. The fraction of sp³-hybridized carbons (Fsp3) is 0.567. The maximum absolute atomic E-state index is 12.5. The number of hydrogen-bond acceptors (Lipinski definition) is 2. The van der Waals surface area contributed by atoms with Crippen LogP contribution in [0.5, 0.6) is 5.75 Å². The van der Waals surface area contributed by atoms with E-state index in [1.807, 2.05) is 6.07 Å². The number of nitrogens with zero attached hydrogens (tertiary/aromatic N) is 1. The van der Waals surface area contributed by atoms with Gasteiger partial charge in [0.1, 0.15) is 11.0 Å². The number of aromatic nitrogens is 2. The molecule has 2 N–H and O–H groups in total. The molecule has 4 nitrogen and oxygen atoms in total. The number of imidazole rings is 1. The molecule has 36 heavy (non-hydrogen) atoms. The van der Waals surface area contributed by atoms with Crippen LogP contribution in [-0.4, -0.2) is 4.98 Å². The van der Waals surface area contributed by atoms with Gasteiger partial charge in [-0.1, -0.05) is 140 Å². The van der Waals surface area contributed by atoms with Gasteiger partial charge in [-0.15, -0.1) is 0 Å². The molecule has 1 heterocycles. The fourth-order valence-corrected chi connectivity index (χ4v) is 6.20. The minimum absolute atomic E-state index is 0.0281. The van der Waals surface area contributed by atoms with Crippen molar-refractivity contribution in [1.82, 2.24) is 4.98 Å². The Morgan fingerprint density at radius 3 is 2.03 bits per heavy atom. The smallest absolute Gasteiger partial charge is 0.356 e. The molecular weight excluding hydrogens is 578 g/mol. The number of halogens is 2.